The van der Waals surface area contributed by atoms with Gasteiger partial charge in [-0.05, 0) is 37.1 Å². The number of Topliss-reactive ketones (excluding diaryl/α,β-unsaturated/α-hetero) is 2. The number of benzene rings is 1. The van der Waals surface area contributed by atoms with E-state index >= 15 is 0 Å². The summed E-state index contributed by atoms with van der Waals surface area (Å²) in [4.78, 5) is 23.2. The van der Waals surface area contributed by atoms with Crippen LogP contribution in [0.3, 0.4) is 0 Å². The molecule has 0 saturated carbocycles. The van der Waals surface area contributed by atoms with E-state index in [1.54, 1.807) is 24.3 Å². The van der Waals surface area contributed by atoms with Crippen molar-refractivity contribution in [1.82, 2.24) is 0 Å². The minimum absolute atomic E-state index is 0.00298. The first-order valence-corrected chi connectivity index (χ1v) is 6.45. The zero-order chi connectivity index (χ0) is 13.4. The fraction of sp³-hybridized carbons (Fsp3) is 0.467. The molecule has 0 radical (unpaired) electrons. The Hall–Kier alpha value is -1.64. The molecule has 0 amide bonds. The second-order valence-electron chi connectivity index (χ2n) is 4.26. The largest absolute Gasteiger partial charge is 0.494 e. The summed E-state index contributed by atoms with van der Waals surface area (Å²) in [5, 5.41) is 0. The maximum atomic E-state index is 11.8. The Balaban J connectivity index is 2.56. The van der Waals surface area contributed by atoms with Crippen LogP contribution in [-0.2, 0) is 4.79 Å². The Labute approximate surface area is 108 Å². The summed E-state index contributed by atoms with van der Waals surface area (Å²) >= 11 is 0. The summed E-state index contributed by atoms with van der Waals surface area (Å²) in [5.74, 6) is 0.651. The number of hydrogen-bond acceptors (Lipinski definition) is 3. The number of carbonyl (C=O) groups excluding carboxylic acids is 2. The Morgan fingerprint density at radius 2 is 1.72 bits per heavy atom. The van der Waals surface area contributed by atoms with Crippen LogP contribution < -0.4 is 4.74 Å². The van der Waals surface area contributed by atoms with Gasteiger partial charge in [-0.3, -0.25) is 9.59 Å². The van der Waals surface area contributed by atoms with E-state index in [1.165, 1.54) is 0 Å². The van der Waals surface area contributed by atoms with Crippen molar-refractivity contribution >= 4 is 11.6 Å². The van der Waals surface area contributed by atoms with Gasteiger partial charge in [0.1, 0.15) is 11.5 Å². The number of carbonyl (C=O) groups is 2. The topological polar surface area (TPSA) is 43.4 Å². The Morgan fingerprint density at radius 3 is 2.28 bits per heavy atom. The number of ketones is 2. The average molecular weight is 248 g/mol. The zero-order valence-electron chi connectivity index (χ0n) is 11.1. The molecule has 0 heterocycles. The lowest BCUT2D eigenvalue weighted by molar-refractivity contribution is -0.118. The molecule has 0 aliphatic rings. The van der Waals surface area contributed by atoms with Crippen molar-refractivity contribution in [2.24, 2.45) is 0 Å². The van der Waals surface area contributed by atoms with E-state index in [2.05, 4.69) is 0 Å². The predicted octanol–water partition coefficient (Wildman–Crippen LogP) is 3.42. The van der Waals surface area contributed by atoms with Gasteiger partial charge in [0.2, 0.25) is 0 Å². The van der Waals surface area contributed by atoms with Crippen molar-refractivity contribution in [2.45, 2.75) is 39.5 Å². The number of ether oxygens (including phenoxy) is 1. The Kier molecular flexibility index (Phi) is 6.12. The van der Waals surface area contributed by atoms with Gasteiger partial charge in [0.05, 0.1) is 13.0 Å². The molecule has 0 spiro atoms. The molecule has 3 heteroatoms. The van der Waals surface area contributed by atoms with Crippen molar-refractivity contribution in [3.05, 3.63) is 29.8 Å². The van der Waals surface area contributed by atoms with Crippen LogP contribution in [0.25, 0.3) is 0 Å². The molecular weight excluding hydrogens is 228 g/mol. The summed E-state index contributed by atoms with van der Waals surface area (Å²) < 4.78 is 5.43. The van der Waals surface area contributed by atoms with Crippen LogP contribution in [0.1, 0.15) is 49.9 Å². The highest BCUT2D eigenvalue weighted by Crippen LogP contribution is 2.14. The zero-order valence-corrected chi connectivity index (χ0v) is 11.1. The van der Waals surface area contributed by atoms with Gasteiger partial charge < -0.3 is 4.74 Å². The fourth-order valence-electron chi connectivity index (χ4n) is 1.61. The van der Waals surface area contributed by atoms with Crippen molar-refractivity contribution in [3.8, 4) is 5.75 Å². The van der Waals surface area contributed by atoms with Crippen molar-refractivity contribution in [1.29, 1.82) is 0 Å². The van der Waals surface area contributed by atoms with Crippen molar-refractivity contribution in [2.75, 3.05) is 6.61 Å². The molecule has 0 aliphatic carbocycles. The van der Waals surface area contributed by atoms with Gasteiger partial charge in [-0.1, -0.05) is 13.8 Å². The molecule has 0 saturated heterocycles. The molecule has 1 aromatic rings. The normalized spacial score (nSPS) is 10.1. The molecule has 1 rings (SSSR count). The van der Waals surface area contributed by atoms with Crippen LogP contribution in [0, 0.1) is 0 Å². The van der Waals surface area contributed by atoms with E-state index in [0.717, 1.165) is 18.6 Å². The third-order valence-corrected chi connectivity index (χ3v) is 2.54. The molecule has 0 unspecified atom stereocenters. The van der Waals surface area contributed by atoms with Crippen LogP contribution in [0.5, 0.6) is 5.75 Å². The molecule has 0 N–H and O–H groups in total. The minimum Gasteiger partial charge on any atom is -0.494 e. The van der Waals surface area contributed by atoms with Gasteiger partial charge >= 0.3 is 0 Å². The number of hydrogen-bond donors (Lipinski definition) is 0. The summed E-state index contributed by atoms with van der Waals surface area (Å²) in [6.07, 6.45) is 2.22. The summed E-state index contributed by atoms with van der Waals surface area (Å²) in [7, 11) is 0. The maximum Gasteiger partial charge on any atom is 0.170 e. The first kappa shape index (κ1) is 14.4. The summed E-state index contributed by atoms with van der Waals surface area (Å²) in [6, 6.07) is 6.97. The lowest BCUT2D eigenvalue weighted by Gasteiger charge is -2.05. The lowest BCUT2D eigenvalue weighted by atomic mass is 10.0. The van der Waals surface area contributed by atoms with Crippen molar-refractivity contribution in [3.63, 3.8) is 0 Å². The fourth-order valence-corrected chi connectivity index (χ4v) is 1.61. The van der Waals surface area contributed by atoms with Crippen LogP contribution in [0.2, 0.25) is 0 Å². The summed E-state index contributed by atoms with van der Waals surface area (Å²) in [5.41, 5.74) is 0.573. The first-order chi connectivity index (χ1) is 8.67. The molecule has 0 bridgehead atoms. The van der Waals surface area contributed by atoms with E-state index in [0.29, 0.717) is 18.6 Å². The van der Waals surface area contributed by atoms with Crippen LogP contribution in [0.4, 0.5) is 0 Å². The van der Waals surface area contributed by atoms with Gasteiger partial charge in [0.25, 0.3) is 0 Å². The molecule has 98 valence electrons. The quantitative estimate of drug-likeness (QED) is 0.523. The van der Waals surface area contributed by atoms with Gasteiger partial charge in [-0.15, -0.1) is 0 Å². The van der Waals surface area contributed by atoms with Crippen LogP contribution in [-0.4, -0.2) is 18.2 Å². The van der Waals surface area contributed by atoms with Gasteiger partial charge in [0.15, 0.2) is 5.78 Å². The number of rotatable bonds is 8. The van der Waals surface area contributed by atoms with E-state index < -0.39 is 0 Å². The highest BCUT2D eigenvalue weighted by molar-refractivity contribution is 6.07. The molecule has 18 heavy (non-hydrogen) atoms. The van der Waals surface area contributed by atoms with Gasteiger partial charge in [-0.25, -0.2) is 0 Å². The second kappa shape index (κ2) is 7.64. The van der Waals surface area contributed by atoms with Crippen LogP contribution >= 0.6 is 0 Å². The van der Waals surface area contributed by atoms with Crippen LogP contribution in [0.15, 0.2) is 24.3 Å². The second-order valence-corrected chi connectivity index (χ2v) is 4.26. The predicted molar refractivity (Wildman–Crippen MR) is 71.1 cm³/mol. The molecule has 0 fully saturated rings. The smallest absolute Gasteiger partial charge is 0.170 e. The first-order valence-electron chi connectivity index (χ1n) is 6.45. The maximum absolute atomic E-state index is 11.8. The lowest BCUT2D eigenvalue weighted by Crippen LogP contribution is -2.07. The van der Waals surface area contributed by atoms with E-state index in [1.807, 2.05) is 13.8 Å². The van der Waals surface area contributed by atoms with E-state index in [-0.39, 0.29) is 18.0 Å². The summed E-state index contributed by atoms with van der Waals surface area (Å²) in [6.45, 7) is 4.64. The monoisotopic (exact) mass is 248 g/mol. The van der Waals surface area contributed by atoms with Gasteiger partial charge in [-0.2, -0.15) is 0 Å². The molecular formula is C15H20O3. The molecule has 0 aromatic heterocycles. The Bertz CT molecular complexity index is 393. The molecule has 1 aromatic carbocycles. The van der Waals surface area contributed by atoms with Gasteiger partial charge in [0, 0.05) is 12.0 Å². The van der Waals surface area contributed by atoms with E-state index in [9.17, 15) is 9.59 Å². The highest BCUT2D eigenvalue weighted by Gasteiger charge is 2.11. The Morgan fingerprint density at radius 1 is 1.06 bits per heavy atom. The van der Waals surface area contributed by atoms with E-state index in [4.69, 9.17) is 4.74 Å². The third kappa shape index (κ3) is 4.70. The SMILES string of the molecule is CCCOc1ccc(C(=O)CC(=O)CCC)cc1. The molecule has 0 atom stereocenters. The molecule has 0 aliphatic heterocycles. The third-order valence-electron chi connectivity index (χ3n) is 2.54. The standard InChI is InChI=1S/C15H20O3/c1-3-5-13(16)11-15(17)12-6-8-14(9-7-12)18-10-4-2/h6-9H,3-5,10-11H2,1-2H3. The molecule has 3 nitrogen and oxygen atoms in total. The highest BCUT2D eigenvalue weighted by atomic mass is 16.5. The van der Waals surface area contributed by atoms with Crippen molar-refractivity contribution < 1.29 is 14.3 Å². The minimum atomic E-state index is -0.115. The average Bonchev–Trinajstić information content (AvgIpc) is 2.37.